The van der Waals surface area contributed by atoms with Crippen molar-refractivity contribution < 1.29 is 29.1 Å². The van der Waals surface area contributed by atoms with Crippen molar-refractivity contribution in [2.24, 2.45) is 0 Å². The molecule has 1 fully saturated rings. The zero-order valence-electron chi connectivity index (χ0n) is 14.1. The quantitative estimate of drug-likeness (QED) is 0.503. The van der Waals surface area contributed by atoms with Crippen LogP contribution < -0.4 is 0 Å². The molecule has 0 aromatic heterocycles. The number of hydrogen-bond acceptors (Lipinski definition) is 6. The lowest BCUT2D eigenvalue weighted by atomic mass is 9.66. The maximum Gasteiger partial charge on any atom is 0.466 e. The van der Waals surface area contributed by atoms with Crippen LogP contribution >= 0.6 is 0 Å². The molecule has 1 aliphatic rings. The van der Waals surface area contributed by atoms with E-state index < -0.39 is 30.1 Å². The Kier molecular flexibility index (Phi) is 4.64. The van der Waals surface area contributed by atoms with Gasteiger partial charge < -0.3 is 24.3 Å². The molecule has 0 radical (unpaired) electrons. The number of phenolic OH excluding ortho intramolecular Hbond substituents is 2. The lowest BCUT2D eigenvalue weighted by molar-refractivity contribution is -0.140. The van der Waals surface area contributed by atoms with E-state index in [0.29, 0.717) is 5.56 Å². The first-order chi connectivity index (χ1) is 10.6. The number of carbonyl (C=O) groups excluding carboxylic acids is 1. The van der Waals surface area contributed by atoms with Crippen molar-refractivity contribution in [1.82, 2.24) is 0 Å². The summed E-state index contributed by atoms with van der Waals surface area (Å²) in [5, 5.41) is 19.2. The second-order valence-corrected chi connectivity index (χ2v) is 6.76. The van der Waals surface area contributed by atoms with Crippen LogP contribution in [-0.2, 0) is 18.8 Å². The molecule has 0 bridgehead atoms. The van der Waals surface area contributed by atoms with Gasteiger partial charge in [-0.2, -0.15) is 0 Å². The lowest BCUT2D eigenvalue weighted by Crippen LogP contribution is -2.41. The van der Waals surface area contributed by atoms with E-state index in [2.05, 4.69) is 0 Å². The van der Waals surface area contributed by atoms with Gasteiger partial charge in [0, 0.05) is 5.82 Å². The van der Waals surface area contributed by atoms with Gasteiger partial charge in [-0.25, -0.2) is 0 Å². The molecule has 1 aliphatic heterocycles. The van der Waals surface area contributed by atoms with Crippen LogP contribution in [0.3, 0.4) is 0 Å². The highest BCUT2D eigenvalue weighted by atomic mass is 16.7. The monoisotopic (exact) mass is 322 g/mol. The van der Waals surface area contributed by atoms with Gasteiger partial charge in [0.25, 0.3) is 0 Å². The van der Waals surface area contributed by atoms with Crippen LogP contribution in [0.1, 0.15) is 45.5 Å². The van der Waals surface area contributed by atoms with E-state index in [1.807, 2.05) is 27.7 Å². The summed E-state index contributed by atoms with van der Waals surface area (Å²) in [6.45, 7) is 7.71. The molecule has 0 amide bonds. The van der Waals surface area contributed by atoms with Gasteiger partial charge in [-0.05, 0) is 45.4 Å². The number of ether oxygens (including phenoxy) is 1. The predicted molar refractivity (Wildman–Crippen MR) is 85.2 cm³/mol. The van der Waals surface area contributed by atoms with E-state index >= 15 is 0 Å². The van der Waals surface area contributed by atoms with Crippen LogP contribution in [0.5, 0.6) is 11.5 Å². The van der Waals surface area contributed by atoms with Crippen molar-refractivity contribution in [2.75, 3.05) is 7.11 Å². The summed E-state index contributed by atoms with van der Waals surface area (Å²) in [5.41, 5.74) is -0.445. The van der Waals surface area contributed by atoms with Crippen molar-refractivity contribution in [3.63, 3.8) is 0 Å². The highest BCUT2D eigenvalue weighted by molar-refractivity contribution is 6.48. The smallest absolute Gasteiger partial charge is 0.466 e. The van der Waals surface area contributed by atoms with Gasteiger partial charge in [-0.3, -0.25) is 4.79 Å². The Morgan fingerprint density at radius 3 is 2.22 bits per heavy atom. The Balaban J connectivity index is 2.35. The molecule has 0 aliphatic carbocycles. The third-order valence-electron chi connectivity index (χ3n) is 4.64. The van der Waals surface area contributed by atoms with Gasteiger partial charge in [-0.1, -0.05) is 6.07 Å². The van der Waals surface area contributed by atoms with Crippen LogP contribution in [0.2, 0.25) is 0 Å². The summed E-state index contributed by atoms with van der Waals surface area (Å²) < 4.78 is 16.8. The Morgan fingerprint density at radius 2 is 1.74 bits per heavy atom. The largest absolute Gasteiger partial charge is 0.504 e. The van der Waals surface area contributed by atoms with Crippen molar-refractivity contribution in [2.45, 2.75) is 51.1 Å². The number of rotatable bonds is 4. The molecule has 0 spiro atoms. The first kappa shape index (κ1) is 17.6. The minimum absolute atomic E-state index is 0.0392. The molecule has 126 valence electrons. The molecular formula is C16H23BO6. The summed E-state index contributed by atoms with van der Waals surface area (Å²) in [6, 6.07) is 4.42. The Morgan fingerprint density at radius 1 is 1.17 bits per heavy atom. The van der Waals surface area contributed by atoms with Crippen LogP contribution in [-0.4, -0.2) is 41.6 Å². The average molecular weight is 322 g/mol. The lowest BCUT2D eigenvalue weighted by Gasteiger charge is -2.32. The highest BCUT2D eigenvalue weighted by Gasteiger charge is 2.54. The standard InChI is InChI=1S/C16H23BO6/c1-15(2)16(3,4)23-17(22-15)11(9-14(20)21-5)10-6-7-12(18)13(19)8-10/h6-8,11,18-19H,9H2,1-5H3. The van der Waals surface area contributed by atoms with Gasteiger partial charge in [0.2, 0.25) is 0 Å². The third-order valence-corrected chi connectivity index (χ3v) is 4.64. The van der Waals surface area contributed by atoms with E-state index in [1.54, 1.807) is 6.07 Å². The predicted octanol–water partition coefficient (Wildman–Crippen LogP) is 2.38. The molecule has 1 atom stereocenters. The van der Waals surface area contributed by atoms with E-state index in [4.69, 9.17) is 14.0 Å². The summed E-state index contributed by atoms with van der Waals surface area (Å²) in [4.78, 5) is 11.8. The zero-order valence-corrected chi connectivity index (χ0v) is 14.1. The van der Waals surface area contributed by atoms with Crippen molar-refractivity contribution in [1.29, 1.82) is 0 Å². The maximum absolute atomic E-state index is 11.8. The first-order valence-corrected chi connectivity index (χ1v) is 7.52. The average Bonchev–Trinajstić information content (AvgIpc) is 2.67. The topological polar surface area (TPSA) is 85.2 Å². The molecule has 1 unspecified atom stereocenters. The van der Waals surface area contributed by atoms with Crippen molar-refractivity contribution >= 4 is 13.1 Å². The minimum atomic E-state index is -0.664. The van der Waals surface area contributed by atoms with Crippen LogP contribution in [0.4, 0.5) is 0 Å². The number of carbonyl (C=O) groups is 1. The molecule has 2 rings (SSSR count). The fraction of sp³-hybridized carbons (Fsp3) is 0.562. The van der Waals surface area contributed by atoms with Crippen LogP contribution in [0.15, 0.2) is 18.2 Å². The summed E-state index contributed by atoms with van der Waals surface area (Å²) in [7, 11) is 0.654. The zero-order chi connectivity index (χ0) is 17.4. The number of methoxy groups -OCH3 is 1. The van der Waals surface area contributed by atoms with Crippen molar-refractivity contribution in [3.05, 3.63) is 23.8 Å². The number of benzene rings is 1. The molecule has 1 aromatic carbocycles. The minimum Gasteiger partial charge on any atom is -0.504 e. The maximum atomic E-state index is 11.8. The van der Waals surface area contributed by atoms with Gasteiger partial charge in [-0.15, -0.1) is 0 Å². The van der Waals surface area contributed by atoms with Gasteiger partial charge in [0.15, 0.2) is 11.5 Å². The Hall–Kier alpha value is -1.73. The summed E-state index contributed by atoms with van der Waals surface area (Å²) >= 11 is 0. The van der Waals surface area contributed by atoms with Crippen LogP contribution in [0, 0.1) is 0 Å². The molecule has 1 aromatic rings. The number of esters is 1. The molecule has 1 saturated heterocycles. The molecule has 23 heavy (non-hydrogen) atoms. The molecule has 1 heterocycles. The molecule has 7 heteroatoms. The van der Waals surface area contributed by atoms with E-state index in [0.717, 1.165) is 0 Å². The number of hydrogen-bond donors (Lipinski definition) is 2. The first-order valence-electron chi connectivity index (χ1n) is 7.52. The molecular weight excluding hydrogens is 299 g/mol. The summed E-state index contributed by atoms with van der Waals surface area (Å²) in [6.07, 6.45) is 0.0392. The highest BCUT2D eigenvalue weighted by Crippen LogP contribution is 2.42. The van der Waals surface area contributed by atoms with Crippen LogP contribution in [0.25, 0.3) is 0 Å². The second kappa shape index (κ2) is 6.05. The van der Waals surface area contributed by atoms with E-state index in [1.165, 1.54) is 19.2 Å². The number of phenols is 2. The van der Waals surface area contributed by atoms with Gasteiger partial charge in [0.05, 0.1) is 24.7 Å². The number of aromatic hydroxyl groups is 2. The molecule has 0 saturated carbocycles. The SMILES string of the molecule is COC(=O)CC(B1OC(C)(C)C(C)(C)O1)c1ccc(O)c(O)c1. The third kappa shape index (κ3) is 3.45. The van der Waals surface area contributed by atoms with Gasteiger partial charge in [0.1, 0.15) is 0 Å². The second-order valence-electron chi connectivity index (χ2n) is 6.76. The Bertz CT molecular complexity index is 582. The van der Waals surface area contributed by atoms with Crippen molar-refractivity contribution in [3.8, 4) is 11.5 Å². The fourth-order valence-electron chi connectivity index (χ4n) is 2.46. The van der Waals surface area contributed by atoms with E-state index in [9.17, 15) is 15.0 Å². The molecule has 6 nitrogen and oxygen atoms in total. The normalized spacial score (nSPS) is 20.3. The van der Waals surface area contributed by atoms with E-state index in [-0.39, 0.29) is 17.9 Å². The Labute approximate surface area is 136 Å². The fourth-order valence-corrected chi connectivity index (χ4v) is 2.46. The van der Waals surface area contributed by atoms with Gasteiger partial charge >= 0.3 is 13.1 Å². The molecule has 2 N–H and O–H groups in total. The summed E-state index contributed by atoms with van der Waals surface area (Å²) in [5.74, 6) is -1.35.